The first-order chi connectivity index (χ1) is 39.8. The van der Waals surface area contributed by atoms with Crippen molar-refractivity contribution in [1.29, 1.82) is 0 Å². The lowest BCUT2D eigenvalue weighted by atomic mass is 10.0. The van der Waals surface area contributed by atoms with Crippen LogP contribution in [0.5, 0.6) is 0 Å². The van der Waals surface area contributed by atoms with Gasteiger partial charge in [0.1, 0.15) is 6.61 Å². The van der Waals surface area contributed by atoms with Crippen LogP contribution in [0.25, 0.3) is 0 Å². The summed E-state index contributed by atoms with van der Waals surface area (Å²) in [5.74, 6) is -0.803. The highest BCUT2D eigenvalue weighted by molar-refractivity contribution is 7.47. The SMILES string of the molecule is CCCCCCC/C=C\C/C=C\C/C=C\CCCCCCCCCCCCCCCCCCCCCCCCCCC(=O)OC(COC(=O)CCCCCCCCCCCCCCCCCCCCCCC)COP(=O)(O)OCCN. The second-order valence-electron chi connectivity index (χ2n) is 24.1. The number of carbonyl (C=O) groups excluding carboxylic acids is 2. The fourth-order valence-electron chi connectivity index (χ4n) is 10.8. The molecule has 0 aliphatic carbocycles. The summed E-state index contributed by atoms with van der Waals surface area (Å²) in [7, 11) is -4.39. The van der Waals surface area contributed by atoms with Gasteiger partial charge in [0.15, 0.2) is 6.10 Å². The lowest BCUT2D eigenvalue weighted by Gasteiger charge is -2.19. The van der Waals surface area contributed by atoms with Crippen molar-refractivity contribution < 1.29 is 37.6 Å². The van der Waals surface area contributed by atoms with Crippen molar-refractivity contribution in [2.24, 2.45) is 5.73 Å². The third-order valence-electron chi connectivity index (χ3n) is 16.0. The maximum atomic E-state index is 12.8. The minimum Gasteiger partial charge on any atom is -0.462 e. The van der Waals surface area contributed by atoms with Gasteiger partial charge in [0, 0.05) is 19.4 Å². The van der Waals surface area contributed by atoms with E-state index in [0.29, 0.717) is 6.42 Å². The van der Waals surface area contributed by atoms with Crippen molar-refractivity contribution in [2.75, 3.05) is 26.4 Å². The molecule has 9 nitrogen and oxygen atoms in total. The molecule has 0 radical (unpaired) electrons. The molecule has 2 atom stereocenters. The number of unbranched alkanes of at least 4 members (excludes halogenated alkanes) is 49. The van der Waals surface area contributed by atoms with E-state index in [1.807, 2.05) is 0 Å². The van der Waals surface area contributed by atoms with Gasteiger partial charge in [0.25, 0.3) is 0 Å². The molecule has 81 heavy (non-hydrogen) atoms. The van der Waals surface area contributed by atoms with E-state index in [4.69, 9.17) is 24.3 Å². The first-order valence-electron chi connectivity index (χ1n) is 35.5. The molecule has 0 bridgehead atoms. The molecule has 0 saturated carbocycles. The third-order valence-corrected chi connectivity index (χ3v) is 17.0. The predicted molar refractivity (Wildman–Crippen MR) is 349 cm³/mol. The van der Waals surface area contributed by atoms with Gasteiger partial charge in [-0.25, -0.2) is 4.57 Å². The van der Waals surface area contributed by atoms with E-state index in [9.17, 15) is 19.0 Å². The monoisotopic (exact) mass is 1160 g/mol. The minimum atomic E-state index is -4.39. The van der Waals surface area contributed by atoms with Gasteiger partial charge in [0.05, 0.1) is 13.2 Å². The number of hydrogen-bond donors (Lipinski definition) is 2. The van der Waals surface area contributed by atoms with Crippen LogP contribution in [0.15, 0.2) is 36.5 Å². The molecule has 3 N–H and O–H groups in total. The van der Waals surface area contributed by atoms with Gasteiger partial charge in [0.2, 0.25) is 0 Å². The Hall–Kier alpha value is -1.77. The fourth-order valence-corrected chi connectivity index (χ4v) is 11.5. The van der Waals surface area contributed by atoms with Crippen LogP contribution in [0.1, 0.15) is 373 Å². The molecule has 0 spiro atoms. The number of phosphoric ester groups is 1. The van der Waals surface area contributed by atoms with Gasteiger partial charge < -0.3 is 20.1 Å². The van der Waals surface area contributed by atoms with Crippen LogP contribution in [0.3, 0.4) is 0 Å². The molecule has 0 aromatic rings. The summed E-state index contributed by atoms with van der Waals surface area (Å²) in [5, 5.41) is 0. The summed E-state index contributed by atoms with van der Waals surface area (Å²) in [6, 6.07) is 0. The molecule has 0 aliphatic heterocycles. The highest BCUT2D eigenvalue weighted by atomic mass is 31.2. The highest BCUT2D eigenvalue weighted by Crippen LogP contribution is 2.43. The van der Waals surface area contributed by atoms with E-state index in [0.717, 1.165) is 44.9 Å². The molecule has 0 aliphatic rings. The topological polar surface area (TPSA) is 134 Å². The first kappa shape index (κ1) is 79.2. The quantitative estimate of drug-likeness (QED) is 0.0264. The van der Waals surface area contributed by atoms with Crippen molar-refractivity contribution in [2.45, 2.75) is 380 Å². The zero-order valence-corrected chi connectivity index (χ0v) is 54.7. The average molecular weight is 1160 g/mol. The smallest absolute Gasteiger partial charge is 0.462 e. The van der Waals surface area contributed by atoms with E-state index in [1.54, 1.807) is 0 Å². The normalized spacial score (nSPS) is 13.1. The molecule has 0 amide bonds. The second kappa shape index (κ2) is 67.4. The van der Waals surface area contributed by atoms with Gasteiger partial charge in [-0.2, -0.15) is 0 Å². The Balaban J connectivity index is 3.77. The van der Waals surface area contributed by atoms with Crippen molar-refractivity contribution in [3.05, 3.63) is 36.5 Å². The third kappa shape index (κ3) is 67.2. The van der Waals surface area contributed by atoms with E-state index >= 15 is 0 Å². The summed E-state index contributed by atoms with van der Waals surface area (Å²) >= 11 is 0. The number of esters is 2. The van der Waals surface area contributed by atoms with Gasteiger partial charge >= 0.3 is 19.8 Å². The number of phosphoric acid groups is 1. The molecule has 0 aromatic carbocycles. The predicted octanol–water partition coefficient (Wildman–Crippen LogP) is 23.1. The van der Waals surface area contributed by atoms with Gasteiger partial charge in [-0.05, 0) is 51.4 Å². The Labute approximate surface area is 503 Å². The Morgan fingerprint density at radius 2 is 0.642 bits per heavy atom. The minimum absolute atomic E-state index is 0.0569. The van der Waals surface area contributed by atoms with Crippen molar-refractivity contribution >= 4 is 19.8 Å². The summed E-state index contributed by atoms with van der Waals surface area (Å²) in [6.07, 6.45) is 84.0. The maximum absolute atomic E-state index is 12.8. The number of hydrogen-bond acceptors (Lipinski definition) is 8. The molecular weight excluding hydrogens is 1030 g/mol. The molecular formula is C71H136NO8P. The Bertz CT molecular complexity index is 1420. The summed E-state index contributed by atoms with van der Waals surface area (Å²) in [6.45, 7) is 3.81. The highest BCUT2D eigenvalue weighted by Gasteiger charge is 2.26. The number of nitrogens with two attached hydrogens (primary N) is 1. The molecule has 0 aromatic heterocycles. The van der Waals surface area contributed by atoms with Gasteiger partial charge in [-0.3, -0.25) is 18.6 Å². The Kier molecular flexibility index (Phi) is 65.9. The number of rotatable bonds is 68. The van der Waals surface area contributed by atoms with Gasteiger partial charge in [-0.1, -0.05) is 346 Å². The summed E-state index contributed by atoms with van der Waals surface area (Å²) < 4.78 is 33.2. The van der Waals surface area contributed by atoms with Crippen LogP contribution in [-0.4, -0.2) is 49.3 Å². The Morgan fingerprint density at radius 1 is 0.370 bits per heavy atom. The largest absolute Gasteiger partial charge is 0.472 e. The number of carbonyl (C=O) groups is 2. The molecule has 0 saturated heterocycles. The lowest BCUT2D eigenvalue weighted by Crippen LogP contribution is -2.29. The van der Waals surface area contributed by atoms with Crippen LogP contribution in [0.4, 0.5) is 0 Å². The summed E-state index contributed by atoms with van der Waals surface area (Å²) in [5.41, 5.74) is 5.40. The molecule has 2 unspecified atom stereocenters. The number of ether oxygens (including phenoxy) is 2. The molecule has 0 fully saturated rings. The maximum Gasteiger partial charge on any atom is 0.472 e. The lowest BCUT2D eigenvalue weighted by molar-refractivity contribution is -0.161. The Morgan fingerprint density at radius 3 is 0.951 bits per heavy atom. The van der Waals surface area contributed by atoms with Crippen LogP contribution in [0, 0.1) is 0 Å². The standard InChI is InChI=1S/C71H136NO8P/c1-3-5-7-9-11-13-15-17-19-21-23-25-26-27-28-29-30-31-32-33-34-35-36-37-38-39-40-41-42-44-46-48-50-52-54-56-58-60-62-64-71(74)80-69(68-79-81(75,76)78-66-65-72)67-77-70(73)63-61-59-57-55-53-51-49-47-45-43-24-22-20-18-16-14-12-10-8-6-4-2/h15,17,21,23,26-27,69H,3-14,16,18-20,22,24-25,28-68,72H2,1-2H3,(H,75,76)/b17-15-,23-21-,27-26-. The van der Waals surface area contributed by atoms with Crippen LogP contribution in [-0.2, 0) is 32.7 Å². The van der Waals surface area contributed by atoms with E-state index < -0.39 is 26.5 Å². The molecule has 478 valence electrons. The van der Waals surface area contributed by atoms with E-state index in [2.05, 4.69) is 50.3 Å². The second-order valence-corrected chi connectivity index (χ2v) is 25.6. The van der Waals surface area contributed by atoms with Crippen LogP contribution in [0.2, 0.25) is 0 Å². The average Bonchev–Trinajstić information content (AvgIpc) is 3.46. The number of allylic oxidation sites excluding steroid dienone is 6. The van der Waals surface area contributed by atoms with Crippen molar-refractivity contribution in [1.82, 2.24) is 0 Å². The van der Waals surface area contributed by atoms with E-state index in [1.165, 1.54) is 295 Å². The van der Waals surface area contributed by atoms with Crippen molar-refractivity contribution in [3.8, 4) is 0 Å². The van der Waals surface area contributed by atoms with Crippen LogP contribution >= 0.6 is 7.82 Å². The molecule has 0 heterocycles. The first-order valence-corrected chi connectivity index (χ1v) is 37.0. The zero-order valence-electron chi connectivity index (χ0n) is 53.8. The van der Waals surface area contributed by atoms with Gasteiger partial charge in [-0.15, -0.1) is 0 Å². The fraction of sp³-hybridized carbons (Fsp3) is 0.887. The molecule has 0 rings (SSSR count). The van der Waals surface area contributed by atoms with Crippen molar-refractivity contribution in [3.63, 3.8) is 0 Å². The zero-order chi connectivity index (χ0) is 58.7. The summed E-state index contributed by atoms with van der Waals surface area (Å²) in [4.78, 5) is 35.3. The van der Waals surface area contributed by atoms with Crippen LogP contribution < -0.4 is 5.73 Å². The van der Waals surface area contributed by atoms with E-state index in [-0.39, 0.29) is 38.6 Å². The molecule has 10 heteroatoms.